The van der Waals surface area contributed by atoms with E-state index >= 15 is 0 Å². The highest BCUT2D eigenvalue weighted by Gasteiger charge is 2.31. The van der Waals surface area contributed by atoms with Gasteiger partial charge in [-0.3, -0.25) is 9.69 Å². The quantitative estimate of drug-likeness (QED) is 0.753. The summed E-state index contributed by atoms with van der Waals surface area (Å²) in [6.45, 7) is 2.05. The molecule has 1 atom stereocenters. The van der Waals surface area contributed by atoms with Crippen molar-refractivity contribution in [1.29, 1.82) is 0 Å². The molecule has 1 amide bonds. The number of likely N-dealkylation sites (tertiary alicyclic amines) is 1. The monoisotopic (exact) mass is 396 g/mol. The number of anilines is 1. The number of benzene rings is 2. The van der Waals surface area contributed by atoms with E-state index < -0.39 is 6.36 Å². The number of nitrogens with zero attached hydrogens (tertiary/aromatic N) is 1. The second-order valence-electron chi connectivity index (χ2n) is 6.76. The fraction of sp³-hybridized carbons (Fsp3) is 0.350. The molecule has 1 aliphatic rings. The van der Waals surface area contributed by atoms with Gasteiger partial charge in [-0.25, -0.2) is 4.39 Å². The highest BCUT2D eigenvalue weighted by molar-refractivity contribution is 5.92. The molecule has 8 heteroatoms. The number of hydrogen-bond acceptors (Lipinski definition) is 3. The van der Waals surface area contributed by atoms with E-state index in [1.165, 1.54) is 24.3 Å². The second-order valence-corrected chi connectivity index (χ2v) is 6.76. The van der Waals surface area contributed by atoms with Crippen LogP contribution in [-0.2, 0) is 11.3 Å². The van der Waals surface area contributed by atoms with Crippen LogP contribution in [0.5, 0.6) is 5.75 Å². The minimum atomic E-state index is -4.75. The summed E-state index contributed by atoms with van der Waals surface area (Å²) in [6, 6.07) is 11.3. The first-order valence-corrected chi connectivity index (χ1v) is 8.92. The lowest BCUT2D eigenvalue weighted by atomic mass is 9.96. The third-order valence-electron chi connectivity index (χ3n) is 4.55. The van der Waals surface area contributed by atoms with Gasteiger partial charge in [-0.1, -0.05) is 12.1 Å². The van der Waals surface area contributed by atoms with Crippen LogP contribution >= 0.6 is 0 Å². The lowest BCUT2D eigenvalue weighted by molar-refractivity contribution is -0.274. The molecule has 150 valence electrons. The maximum Gasteiger partial charge on any atom is 0.573 e. The number of carbonyl (C=O) groups excluding carboxylic acids is 1. The lowest BCUT2D eigenvalue weighted by Gasteiger charge is -2.32. The number of amides is 1. The van der Waals surface area contributed by atoms with Crippen molar-refractivity contribution < 1.29 is 27.1 Å². The van der Waals surface area contributed by atoms with Gasteiger partial charge in [0.05, 0.1) is 5.92 Å². The van der Waals surface area contributed by atoms with Crippen molar-refractivity contribution in [3.8, 4) is 5.75 Å². The molecular formula is C20H20F4N2O2. The second kappa shape index (κ2) is 8.60. The number of hydrogen-bond donors (Lipinski definition) is 1. The molecule has 3 rings (SSSR count). The molecule has 2 aromatic carbocycles. The number of carbonyl (C=O) groups is 1. The molecule has 0 unspecified atom stereocenters. The van der Waals surface area contributed by atoms with E-state index in [1.807, 2.05) is 0 Å². The minimum Gasteiger partial charge on any atom is -0.406 e. The summed E-state index contributed by atoms with van der Waals surface area (Å²) in [5.74, 6) is -1.02. The Balaban J connectivity index is 1.54. The standard InChI is InChI=1S/C20H20F4N2O2/c21-16-5-3-14(4-6-16)12-26-11-1-2-15(13-26)19(27)25-17-7-9-18(10-8-17)28-20(22,23)24/h3-10,15H,1-2,11-13H2,(H,25,27)/t15-/m1/s1. The fourth-order valence-electron chi connectivity index (χ4n) is 3.25. The van der Waals surface area contributed by atoms with Crippen LogP contribution in [0.3, 0.4) is 0 Å². The van der Waals surface area contributed by atoms with E-state index in [-0.39, 0.29) is 23.4 Å². The van der Waals surface area contributed by atoms with E-state index in [1.54, 1.807) is 12.1 Å². The molecule has 0 bridgehead atoms. The number of halogens is 4. The Bertz CT molecular complexity index is 791. The first-order valence-electron chi connectivity index (χ1n) is 8.92. The van der Waals surface area contributed by atoms with Gasteiger partial charge < -0.3 is 10.1 Å². The van der Waals surface area contributed by atoms with E-state index in [4.69, 9.17) is 0 Å². The van der Waals surface area contributed by atoms with Gasteiger partial charge in [-0.05, 0) is 61.3 Å². The normalized spacial score (nSPS) is 17.9. The van der Waals surface area contributed by atoms with Gasteiger partial charge in [-0.15, -0.1) is 13.2 Å². The van der Waals surface area contributed by atoms with Gasteiger partial charge >= 0.3 is 6.36 Å². The average molecular weight is 396 g/mol. The van der Waals surface area contributed by atoms with Crippen LogP contribution in [0.15, 0.2) is 48.5 Å². The zero-order valence-electron chi connectivity index (χ0n) is 15.0. The molecule has 0 aromatic heterocycles. The Morgan fingerprint density at radius 1 is 1.11 bits per heavy atom. The largest absolute Gasteiger partial charge is 0.573 e. The first kappa shape index (κ1) is 20.1. The van der Waals surface area contributed by atoms with Gasteiger partial charge in [0.1, 0.15) is 11.6 Å². The lowest BCUT2D eigenvalue weighted by Crippen LogP contribution is -2.40. The third kappa shape index (κ3) is 5.95. The van der Waals surface area contributed by atoms with Gasteiger partial charge in [0.25, 0.3) is 0 Å². The van der Waals surface area contributed by atoms with Gasteiger partial charge in [-0.2, -0.15) is 0 Å². The summed E-state index contributed by atoms with van der Waals surface area (Å²) < 4.78 is 53.4. The zero-order valence-corrected chi connectivity index (χ0v) is 15.0. The number of rotatable bonds is 5. The molecule has 4 nitrogen and oxygen atoms in total. The van der Waals surface area contributed by atoms with Crippen molar-refractivity contribution in [3.05, 3.63) is 59.9 Å². The molecule has 0 saturated carbocycles. The van der Waals surface area contributed by atoms with E-state index in [0.29, 0.717) is 18.8 Å². The summed E-state index contributed by atoms with van der Waals surface area (Å²) in [6.07, 6.45) is -3.15. The van der Waals surface area contributed by atoms with Crippen LogP contribution in [0.25, 0.3) is 0 Å². The van der Waals surface area contributed by atoms with Crippen LogP contribution in [-0.4, -0.2) is 30.3 Å². The Morgan fingerprint density at radius 3 is 2.43 bits per heavy atom. The Morgan fingerprint density at radius 2 is 1.79 bits per heavy atom. The topological polar surface area (TPSA) is 41.6 Å². The molecule has 2 aromatic rings. The molecule has 28 heavy (non-hydrogen) atoms. The van der Waals surface area contributed by atoms with Crippen molar-refractivity contribution in [2.75, 3.05) is 18.4 Å². The maximum absolute atomic E-state index is 13.0. The van der Waals surface area contributed by atoms with Crippen LogP contribution in [0.4, 0.5) is 23.2 Å². The van der Waals surface area contributed by atoms with Gasteiger partial charge in [0.2, 0.25) is 5.91 Å². The smallest absolute Gasteiger partial charge is 0.406 e. The van der Waals surface area contributed by atoms with E-state index in [9.17, 15) is 22.4 Å². The third-order valence-corrected chi connectivity index (χ3v) is 4.55. The summed E-state index contributed by atoms with van der Waals surface area (Å²) in [4.78, 5) is 14.7. The van der Waals surface area contributed by atoms with Crippen molar-refractivity contribution in [2.45, 2.75) is 25.7 Å². The van der Waals surface area contributed by atoms with Crippen molar-refractivity contribution in [2.24, 2.45) is 5.92 Å². The van der Waals surface area contributed by atoms with Crippen LogP contribution in [0, 0.1) is 11.7 Å². The van der Waals surface area contributed by atoms with Crippen molar-refractivity contribution in [1.82, 2.24) is 4.90 Å². The summed E-state index contributed by atoms with van der Waals surface area (Å²) in [5, 5.41) is 2.74. The molecule has 0 radical (unpaired) electrons. The molecule has 1 heterocycles. The highest BCUT2D eigenvalue weighted by Crippen LogP contribution is 2.25. The van der Waals surface area contributed by atoms with Crippen LogP contribution in [0.1, 0.15) is 18.4 Å². The van der Waals surface area contributed by atoms with Gasteiger partial charge in [0.15, 0.2) is 0 Å². The molecular weight excluding hydrogens is 376 g/mol. The summed E-state index contributed by atoms with van der Waals surface area (Å²) in [7, 11) is 0. The van der Waals surface area contributed by atoms with Crippen molar-refractivity contribution in [3.63, 3.8) is 0 Å². The first-order chi connectivity index (χ1) is 13.3. The number of ether oxygens (including phenoxy) is 1. The van der Waals surface area contributed by atoms with Crippen LogP contribution < -0.4 is 10.1 Å². The Kier molecular flexibility index (Phi) is 6.18. The van der Waals surface area contributed by atoms with Crippen molar-refractivity contribution >= 4 is 11.6 Å². The van der Waals surface area contributed by atoms with Gasteiger partial charge in [0, 0.05) is 18.8 Å². The minimum absolute atomic E-state index is 0.173. The highest BCUT2D eigenvalue weighted by atomic mass is 19.4. The predicted octanol–water partition coefficient (Wildman–Crippen LogP) is 4.58. The van der Waals surface area contributed by atoms with E-state index in [0.717, 1.165) is 37.1 Å². The number of piperidine rings is 1. The molecule has 1 N–H and O–H groups in total. The predicted molar refractivity (Wildman–Crippen MR) is 96.2 cm³/mol. The molecule has 0 spiro atoms. The summed E-state index contributed by atoms with van der Waals surface area (Å²) in [5.41, 5.74) is 1.39. The fourth-order valence-corrected chi connectivity index (χ4v) is 3.25. The molecule has 1 aliphatic heterocycles. The SMILES string of the molecule is O=C(Nc1ccc(OC(F)(F)F)cc1)[C@@H]1CCCN(Cc2ccc(F)cc2)C1. The average Bonchev–Trinajstić information content (AvgIpc) is 2.64. The number of nitrogens with one attached hydrogen (secondary N) is 1. The van der Waals surface area contributed by atoms with E-state index in [2.05, 4.69) is 15.0 Å². The van der Waals surface area contributed by atoms with Crippen LogP contribution in [0.2, 0.25) is 0 Å². The number of alkyl halides is 3. The Hall–Kier alpha value is -2.61. The summed E-state index contributed by atoms with van der Waals surface area (Å²) >= 11 is 0. The Labute approximate surface area is 160 Å². The molecule has 0 aliphatic carbocycles. The zero-order chi connectivity index (χ0) is 20.1. The molecule has 1 saturated heterocycles. The maximum atomic E-state index is 13.0. The molecule has 1 fully saturated rings.